The second kappa shape index (κ2) is 6.85. The van der Waals surface area contributed by atoms with Crippen LogP contribution in [0.5, 0.6) is 0 Å². The first kappa shape index (κ1) is 15.9. The summed E-state index contributed by atoms with van der Waals surface area (Å²) in [5.74, 6) is -6.22. The van der Waals surface area contributed by atoms with E-state index in [1.54, 1.807) is 0 Å². The summed E-state index contributed by atoms with van der Waals surface area (Å²) in [5, 5.41) is 0. The number of hydrogen-bond donors (Lipinski definition) is 0. The molecule has 1 rings (SSSR count). The van der Waals surface area contributed by atoms with Crippen LogP contribution in [-0.2, 0) is 19.1 Å². The van der Waals surface area contributed by atoms with Crippen LogP contribution in [0.1, 0.15) is 5.56 Å². The molecule has 108 valence electrons. The molecule has 0 amide bonds. The topological polar surface area (TPSA) is 52.6 Å². The molecule has 0 N–H and O–H groups in total. The third-order valence-electron chi connectivity index (χ3n) is 2.30. The van der Waals surface area contributed by atoms with Crippen molar-refractivity contribution in [1.29, 1.82) is 0 Å². The summed E-state index contributed by atoms with van der Waals surface area (Å²) in [6, 6.07) is 1.31. The van der Waals surface area contributed by atoms with Crippen molar-refractivity contribution in [2.75, 3.05) is 20.8 Å². The second-order valence-corrected chi connectivity index (χ2v) is 3.70. The standard InChI is InChI=1S/C13H11F3O4/c1-19-6-11(17)8(13(18)20-2)3-7-4-9(14)12(16)10(15)5-7/h3-5H,6H2,1-2H3. The molecule has 1 aromatic rings. The lowest BCUT2D eigenvalue weighted by Crippen LogP contribution is -2.18. The molecule has 0 radical (unpaired) electrons. The zero-order valence-corrected chi connectivity index (χ0v) is 10.7. The Morgan fingerprint density at radius 1 is 1.15 bits per heavy atom. The molecular formula is C13H11F3O4. The van der Waals surface area contributed by atoms with Crippen LogP contribution in [0.15, 0.2) is 17.7 Å². The number of carbonyl (C=O) groups excluding carboxylic acids is 2. The summed E-state index contributed by atoms with van der Waals surface area (Å²) in [6.07, 6.45) is 0.902. The van der Waals surface area contributed by atoms with Crippen molar-refractivity contribution >= 4 is 17.8 Å². The van der Waals surface area contributed by atoms with E-state index in [-0.39, 0.29) is 5.56 Å². The first-order valence-corrected chi connectivity index (χ1v) is 5.37. The molecule has 0 unspecified atom stereocenters. The molecule has 0 heterocycles. The lowest BCUT2D eigenvalue weighted by molar-refractivity contribution is -0.138. The van der Waals surface area contributed by atoms with Crippen molar-refractivity contribution in [2.45, 2.75) is 0 Å². The van der Waals surface area contributed by atoms with Crippen molar-refractivity contribution in [3.05, 3.63) is 40.7 Å². The number of methoxy groups -OCH3 is 2. The number of carbonyl (C=O) groups is 2. The predicted molar refractivity (Wildman–Crippen MR) is 63.2 cm³/mol. The molecule has 20 heavy (non-hydrogen) atoms. The Morgan fingerprint density at radius 3 is 2.15 bits per heavy atom. The van der Waals surface area contributed by atoms with E-state index >= 15 is 0 Å². The van der Waals surface area contributed by atoms with Gasteiger partial charge in [-0.05, 0) is 23.8 Å². The molecule has 0 fully saturated rings. The van der Waals surface area contributed by atoms with Gasteiger partial charge in [0.25, 0.3) is 0 Å². The first-order chi connectivity index (χ1) is 9.40. The van der Waals surface area contributed by atoms with Gasteiger partial charge in [0.05, 0.1) is 7.11 Å². The third-order valence-corrected chi connectivity index (χ3v) is 2.30. The van der Waals surface area contributed by atoms with Crippen molar-refractivity contribution in [2.24, 2.45) is 0 Å². The lowest BCUT2D eigenvalue weighted by atomic mass is 10.1. The quantitative estimate of drug-likeness (QED) is 0.273. The van der Waals surface area contributed by atoms with Gasteiger partial charge >= 0.3 is 5.97 Å². The van der Waals surface area contributed by atoms with Crippen molar-refractivity contribution in [1.82, 2.24) is 0 Å². The fourth-order valence-electron chi connectivity index (χ4n) is 1.40. The monoisotopic (exact) mass is 288 g/mol. The van der Waals surface area contributed by atoms with Crippen LogP contribution >= 0.6 is 0 Å². The van der Waals surface area contributed by atoms with Crippen LogP contribution in [0, 0.1) is 17.5 Å². The zero-order chi connectivity index (χ0) is 15.3. The maximum absolute atomic E-state index is 13.1. The van der Waals surface area contributed by atoms with Crippen LogP contribution in [0.25, 0.3) is 6.08 Å². The Labute approximate surface area is 112 Å². The summed E-state index contributed by atoms with van der Waals surface area (Å²) in [4.78, 5) is 23.1. The highest BCUT2D eigenvalue weighted by atomic mass is 19.2. The van der Waals surface area contributed by atoms with Gasteiger partial charge in [-0.2, -0.15) is 0 Å². The van der Waals surface area contributed by atoms with Gasteiger partial charge in [-0.1, -0.05) is 0 Å². The fourth-order valence-corrected chi connectivity index (χ4v) is 1.40. The smallest absolute Gasteiger partial charge is 0.341 e. The number of ketones is 1. The van der Waals surface area contributed by atoms with Gasteiger partial charge in [-0.15, -0.1) is 0 Å². The highest BCUT2D eigenvalue weighted by Gasteiger charge is 2.19. The van der Waals surface area contributed by atoms with Crippen LogP contribution in [0.4, 0.5) is 13.2 Å². The van der Waals surface area contributed by atoms with E-state index < -0.39 is 41.4 Å². The minimum absolute atomic E-state index is 0.189. The van der Waals surface area contributed by atoms with E-state index in [0.29, 0.717) is 12.1 Å². The van der Waals surface area contributed by atoms with Crippen molar-refractivity contribution in [3.63, 3.8) is 0 Å². The molecule has 4 nitrogen and oxygen atoms in total. The van der Waals surface area contributed by atoms with Gasteiger partial charge in [0, 0.05) is 7.11 Å². The van der Waals surface area contributed by atoms with E-state index in [9.17, 15) is 22.8 Å². The van der Waals surface area contributed by atoms with Gasteiger partial charge in [0.1, 0.15) is 12.2 Å². The fraction of sp³-hybridized carbons (Fsp3) is 0.231. The van der Waals surface area contributed by atoms with Crippen LogP contribution in [0.2, 0.25) is 0 Å². The predicted octanol–water partition coefficient (Wildman–Crippen LogP) is 1.88. The molecule has 0 saturated heterocycles. The number of esters is 1. The first-order valence-electron chi connectivity index (χ1n) is 5.37. The largest absolute Gasteiger partial charge is 0.465 e. The number of Topliss-reactive ketones (excluding diaryl/α,β-unsaturated/α-hetero) is 1. The Kier molecular flexibility index (Phi) is 5.45. The number of halogens is 3. The highest BCUT2D eigenvalue weighted by Crippen LogP contribution is 2.17. The number of ether oxygens (including phenoxy) is 2. The number of hydrogen-bond acceptors (Lipinski definition) is 4. The summed E-state index contributed by atoms with van der Waals surface area (Å²) >= 11 is 0. The van der Waals surface area contributed by atoms with Crippen LogP contribution < -0.4 is 0 Å². The molecule has 0 bridgehead atoms. The van der Waals surface area contributed by atoms with Gasteiger partial charge < -0.3 is 9.47 Å². The minimum atomic E-state index is -1.63. The SMILES string of the molecule is COCC(=O)C(=Cc1cc(F)c(F)c(F)c1)C(=O)OC. The molecule has 0 aliphatic rings. The van der Waals surface area contributed by atoms with E-state index in [4.69, 9.17) is 0 Å². The lowest BCUT2D eigenvalue weighted by Gasteiger charge is -2.05. The number of rotatable bonds is 5. The maximum atomic E-state index is 13.1. The third kappa shape index (κ3) is 3.67. The average Bonchev–Trinajstić information content (AvgIpc) is 2.41. The molecule has 0 saturated carbocycles. The van der Waals surface area contributed by atoms with Gasteiger partial charge in [0.15, 0.2) is 23.2 Å². The van der Waals surface area contributed by atoms with Gasteiger partial charge in [0.2, 0.25) is 0 Å². The summed E-state index contributed by atoms with van der Waals surface area (Å²) in [6.45, 7) is -0.410. The van der Waals surface area contributed by atoms with Gasteiger partial charge in [-0.25, -0.2) is 18.0 Å². The van der Waals surface area contributed by atoms with Crippen LogP contribution in [0.3, 0.4) is 0 Å². The van der Waals surface area contributed by atoms with E-state index in [0.717, 1.165) is 13.2 Å². The highest BCUT2D eigenvalue weighted by molar-refractivity contribution is 6.21. The maximum Gasteiger partial charge on any atom is 0.341 e. The zero-order valence-electron chi connectivity index (χ0n) is 10.7. The van der Waals surface area contributed by atoms with Crippen molar-refractivity contribution in [3.8, 4) is 0 Å². The molecule has 0 atom stereocenters. The molecule has 7 heteroatoms. The Balaban J connectivity index is 3.26. The van der Waals surface area contributed by atoms with Crippen molar-refractivity contribution < 1.29 is 32.2 Å². The summed E-state index contributed by atoms with van der Waals surface area (Å²) < 4.78 is 47.9. The molecule has 0 aliphatic carbocycles. The summed E-state index contributed by atoms with van der Waals surface area (Å²) in [7, 11) is 2.28. The average molecular weight is 288 g/mol. The molecule has 0 aromatic heterocycles. The molecule has 1 aromatic carbocycles. The van der Waals surface area contributed by atoms with E-state index in [1.807, 2.05) is 0 Å². The second-order valence-electron chi connectivity index (χ2n) is 3.70. The van der Waals surface area contributed by atoms with E-state index in [1.165, 1.54) is 7.11 Å². The molecule has 0 spiro atoms. The molecular weight excluding hydrogens is 277 g/mol. The Hall–Kier alpha value is -2.15. The minimum Gasteiger partial charge on any atom is -0.465 e. The Bertz CT molecular complexity index is 544. The normalized spacial score (nSPS) is 11.3. The number of benzene rings is 1. The van der Waals surface area contributed by atoms with Gasteiger partial charge in [-0.3, -0.25) is 4.79 Å². The molecule has 0 aliphatic heterocycles. The van der Waals surface area contributed by atoms with E-state index in [2.05, 4.69) is 9.47 Å². The Morgan fingerprint density at radius 2 is 1.70 bits per heavy atom. The van der Waals surface area contributed by atoms with Crippen LogP contribution in [-0.4, -0.2) is 32.6 Å². The summed E-state index contributed by atoms with van der Waals surface area (Å²) in [5.41, 5.74) is -0.647.